The molecule has 0 atom stereocenters. The number of benzene rings is 1. The summed E-state index contributed by atoms with van der Waals surface area (Å²) in [6.07, 6.45) is 2.78. The lowest BCUT2D eigenvalue weighted by Crippen LogP contribution is -2.35. The van der Waals surface area contributed by atoms with Gasteiger partial charge in [0.2, 0.25) is 0 Å². The van der Waals surface area contributed by atoms with Crippen LogP contribution in [0, 0.1) is 13.8 Å². The number of aryl methyl sites for hydroxylation is 2. The summed E-state index contributed by atoms with van der Waals surface area (Å²) in [7, 11) is 0. The van der Waals surface area contributed by atoms with E-state index in [-0.39, 0.29) is 5.54 Å². The van der Waals surface area contributed by atoms with E-state index in [0.29, 0.717) is 0 Å². The lowest BCUT2D eigenvalue weighted by Gasteiger charge is -2.19. The van der Waals surface area contributed by atoms with Crippen molar-refractivity contribution in [1.82, 2.24) is 15.3 Å². The molecule has 0 aliphatic rings. The Kier molecular flexibility index (Phi) is 4.29. The molecular formula is C17H25N3. The molecule has 1 aromatic carbocycles. The average Bonchev–Trinajstić information content (AvgIpc) is 2.78. The lowest BCUT2D eigenvalue weighted by atomic mass is 10.0. The number of aromatic nitrogens is 2. The van der Waals surface area contributed by atoms with E-state index in [9.17, 15) is 0 Å². The van der Waals surface area contributed by atoms with Crippen molar-refractivity contribution in [2.75, 3.05) is 0 Å². The summed E-state index contributed by atoms with van der Waals surface area (Å²) in [5.41, 5.74) is 5.24. The average molecular weight is 271 g/mol. The van der Waals surface area contributed by atoms with Gasteiger partial charge in [0.15, 0.2) is 0 Å². The number of H-pyrrole nitrogens is 1. The summed E-state index contributed by atoms with van der Waals surface area (Å²) < 4.78 is 0. The molecular weight excluding hydrogens is 246 g/mol. The van der Waals surface area contributed by atoms with Gasteiger partial charge >= 0.3 is 0 Å². The summed E-state index contributed by atoms with van der Waals surface area (Å²) in [6, 6.07) is 6.60. The van der Waals surface area contributed by atoms with Crippen LogP contribution in [-0.2, 0) is 13.0 Å². The van der Waals surface area contributed by atoms with Crippen LogP contribution in [0.15, 0.2) is 24.4 Å². The molecule has 0 saturated heterocycles. The van der Waals surface area contributed by atoms with Gasteiger partial charge in [-0.2, -0.15) is 0 Å². The van der Waals surface area contributed by atoms with Gasteiger partial charge in [0.25, 0.3) is 0 Å². The Hall–Kier alpha value is -1.61. The van der Waals surface area contributed by atoms with Gasteiger partial charge < -0.3 is 10.3 Å². The Morgan fingerprint density at radius 2 is 1.90 bits per heavy atom. The monoisotopic (exact) mass is 271 g/mol. The van der Waals surface area contributed by atoms with Crippen molar-refractivity contribution in [3.8, 4) is 0 Å². The highest BCUT2D eigenvalue weighted by Crippen LogP contribution is 2.13. The van der Waals surface area contributed by atoms with Crippen LogP contribution in [-0.4, -0.2) is 15.5 Å². The van der Waals surface area contributed by atoms with Crippen molar-refractivity contribution in [3.05, 3.63) is 52.6 Å². The maximum Gasteiger partial charge on any atom is 0.110 e. The van der Waals surface area contributed by atoms with Crippen molar-refractivity contribution < 1.29 is 0 Å². The van der Waals surface area contributed by atoms with Crippen molar-refractivity contribution in [3.63, 3.8) is 0 Å². The molecule has 0 unspecified atom stereocenters. The minimum absolute atomic E-state index is 0.124. The van der Waals surface area contributed by atoms with Gasteiger partial charge in [-0.3, -0.25) is 0 Å². The van der Waals surface area contributed by atoms with E-state index in [1.807, 2.05) is 6.20 Å². The molecule has 3 nitrogen and oxygen atoms in total. The molecule has 1 aromatic heterocycles. The molecule has 0 aliphatic heterocycles. The molecule has 2 aromatic rings. The highest BCUT2D eigenvalue weighted by Gasteiger charge is 2.09. The number of rotatable bonds is 4. The summed E-state index contributed by atoms with van der Waals surface area (Å²) in [5.74, 6) is 1.03. The first-order valence-corrected chi connectivity index (χ1v) is 7.17. The van der Waals surface area contributed by atoms with E-state index < -0.39 is 0 Å². The number of hydrogen-bond acceptors (Lipinski definition) is 2. The molecule has 20 heavy (non-hydrogen) atoms. The molecule has 2 N–H and O–H groups in total. The Morgan fingerprint density at radius 1 is 1.15 bits per heavy atom. The predicted octanol–water partition coefficient (Wildman–Crippen LogP) is 3.51. The quantitative estimate of drug-likeness (QED) is 0.893. The lowest BCUT2D eigenvalue weighted by molar-refractivity contribution is 0.421. The molecule has 3 heteroatoms. The third kappa shape index (κ3) is 4.20. The van der Waals surface area contributed by atoms with E-state index >= 15 is 0 Å². The third-order valence-electron chi connectivity index (χ3n) is 3.43. The Labute approximate surface area is 121 Å². The molecule has 0 amide bonds. The van der Waals surface area contributed by atoms with Gasteiger partial charge in [-0.1, -0.05) is 18.2 Å². The first-order chi connectivity index (χ1) is 9.33. The molecule has 0 bridgehead atoms. The van der Waals surface area contributed by atoms with Gasteiger partial charge in [0, 0.05) is 30.4 Å². The second kappa shape index (κ2) is 5.80. The third-order valence-corrected chi connectivity index (χ3v) is 3.43. The SMILES string of the molecule is Cc1ccc(Cc2ncc(CNC(C)(C)C)[nH]2)cc1C. The fourth-order valence-corrected chi connectivity index (χ4v) is 2.05. The minimum Gasteiger partial charge on any atom is -0.345 e. The van der Waals surface area contributed by atoms with Gasteiger partial charge in [-0.05, 0) is 51.3 Å². The zero-order chi connectivity index (χ0) is 14.8. The zero-order valence-corrected chi connectivity index (χ0v) is 13.2. The summed E-state index contributed by atoms with van der Waals surface area (Å²) in [4.78, 5) is 7.86. The standard InChI is InChI=1S/C17H25N3/c1-12-6-7-14(8-13(12)2)9-16-18-10-15(20-16)11-19-17(3,4)5/h6-8,10,19H,9,11H2,1-5H3,(H,18,20). The first kappa shape index (κ1) is 14.8. The smallest absolute Gasteiger partial charge is 0.110 e. The molecule has 0 fully saturated rings. The van der Waals surface area contributed by atoms with E-state index in [1.54, 1.807) is 0 Å². The molecule has 2 rings (SSSR count). The van der Waals surface area contributed by atoms with Crippen LogP contribution in [0.2, 0.25) is 0 Å². The Balaban J connectivity index is 2.00. The number of aromatic amines is 1. The van der Waals surface area contributed by atoms with Crippen LogP contribution in [0.4, 0.5) is 0 Å². The maximum atomic E-state index is 4.47. The van der Waals surface area contributed by atoms with Crippen LogP contribution in [0.1, 0.15) is 49.0 Å². The van der Waals surface area contributed by atoms with Crippen LogP contribution >= 0.6 is 0 Å². The van der Waals surface area contributed by atoms with Crippen LogP contribution < -0.4 is 5.32 Å². The second-order valence-electron chi connectivity index (χ2n) is 6.55. The Morgan fingerprint density at radius 3 is 2.55 bits per heavy atom. The number of hydrogen-bond donors (Lipinski definition) is 2. The molecule has 1 heterocycles. The van der Waals surface area contributed by atoms with Crippen molar-refractivity contribution in [2.45, 2.75) is 53.1 Å². The fraction of sp³-hybridized carbons (Fsp3) is 0.471. The molecule has 0 radical (unpaired) electrons. The fourth-order valence-electron chi connectivity index (χ4n) is 2.05. The summed E-state index contributed by atoms with van der Waals surface area (Å²) in [5, 5.41) is 3.46. The maximum absolute atomic E-state index is 4.47. The van der Waals surface area contributed by atoms with Gasteiger partial charge in [0.05, 0.1) is 0 Å². The van der Waals surface area contributed by atoms with E-state index in [1.165, 1.54) is 16.7 Å². The number of nitrogens with one attached hydrogen (secondary N) is 2. The summed E-state index contributed by atoms with van der Waals surface area (Å²) in [6.45, 7) is 11.6. The van der Waals surface area contributed by atoms with Gasteiger partial charge in [-0.15, -0.1) is 0 Å². The highest BCUT2D eigenvalue weighted by atomic mass is 15.0. The van der Waals surface area contributed by atoms with E-state index in [2.05, 4.69) is 68.1 Å². The van der Waals surface area contributed by atoms with Crippen molar-refractivity contribution in [1.29, 1.82) is 0 Å². The highest BCUT2D eigenvalue weighted by molar-refractivity contribution is 5.31. The van der Waals surface area contributed by atoms with Crippen LogP contribution in [0.25, 0.3) is 0 Å². The molecule has 108 valence electrons. The topological polar surface area (TPSA) is 40.7 Å². The largest absolute Gasteiger partial charge is 0.345 e. The van der Waals surface area contributed by atoms with Gasteiger partial charge in [-0.25, -0.2) is 4.98 Å². The minimum atomic E-state index is 0.124. The van der Waals surface area contributed by atoms with Gasteiger partial charge in [0.1, 0.15) is 5.82 Å². The first-order valence-electron chi connectivity index (χ1n) is 7.17. The second-order valence-corrected chi connectivity index (χ2v) is 6.55. The van der Waals surface area contributed by atoms with Crippen molar-refractivity contribution >= 4 is 0 Å². The predicted molar refractivity (Wildman–Crippen MR) is 83.9 cm³/mol. The molecule has 0 aliphatic carbocycles. The van der Waals surface area contributed by atoms with Crippen LogP contribution in [0.5, 0.6) is 0 Å². The molecule has 0 saturated carbocycles. The molecule has 0 spiro atoms. The van der Waals surface area contributed by atoms with E-state index in [0.717, 1.165) is 24.5 Å². The number of imidazole rings is 1. The van der Waals surface area contributed by atoms with E-state index in [4.69, 9.17) is 0 Å². The van der Waals surface area contributed by atoms with Crippen LogP contribution in [0.3, 0.4) is 0 Å². The number of nitrogens with zero attached hydrogens (tertiary/aromatic N) is 1. The van der Waals surface area contributed by atoms with Crippen molar-refractivity contribution in [2.24, 2.45) is 0 Å². The zero-order valence-electron chi connectivity index (χ0n) is 13.2. The normalized spacial score (nSPS) is 11.8. The Bertz CT molecular complexity index is 576. The summed E-state index contributed by atoms with van der Waals surface area (Å²) >= 11 is 0.